The zero-order chi connectivity index (χ0) is 15.9. The summed E-state index contributed by atoms with van der Waals surface area (Å²) in [6.07, 6.45) is -4.67. The van der Waals surface area contributed by atoms with Crippen LogP contribution in [0, 0.1) is 10.1 Å². The number of aromatic nitrogens is 2. The van der Waals surface area contributed by atoms with E-state index in [1.165, 1.54) is 0 Å². The molecule has 0 bridgehead atoms. The van der Waals surface area contributed by atoms with Crippen molar-refractivity contribution in [1.82, 2.24) is 9.97 Å². The monoisotopic (exact) mass is 307 g/mol. The summed E-state index contributed by atoms with van der Waals surface area (Å²) in [5.41, 5.74) is -1.27. The number of hydrogen-bond acceptors (Lipinski definition) is 3. The summed E-state index contributed by atoms with van der Waals surface area (Å²) < 4.78 is 38.5. The molecule has 22 heavy (non-hydrogen) atoms. The van der Waals surface area contributed by atoms with Crippen LogP contribution in [-0.4, -0.2) is 14.9 Å². The molecule has 0 aliphatic carbocycles. The molecule has 0 amide bonds. The number of benzene rings is 2. The Bertz CT molecular complexity index is 857. The summed E-state index contributed by atoms with van der Waals surface area (Å²) in [7, 11) is 0. The maximum Gasteiger partial charge on any atom is 0.416 e. The highest BCUT2D eigenvalue weighted by Gasteiger charge is 2.34. The van der Waals surface area contributed by atoms with Gasteiger partial charge in [-0.3, -0.25) is 10.1 Å². The first-order chi connectivity index (χ1) is 10.4. The fourth-order valence-corrected chi connectivity index (χ4v) is 2.13. The predicted molar refractivity (Wildman–Crippen MR) is 73.2 cm³/mol. The van der Waals surface area contributed by atoms with Crippen LogP contribution in [0.3, 0.4) is 0 Å². The molecule has 1 heterocycles. The van der Waals surface area contributed by atoms with Crippen molar-refractivity contribution in [3.05, 3.63) is 58.1 Å². The van der Waals surface area contributed by atoms with Crippen LogP contribution >= 0.6 is 0 Å². The molecule has 0 fully saturated rings. The number of nitrogens with zero attached hydrogens (tertiary/aromatic N) is 2. The summed E-state index contributed by atoms with van der Waals surface area (Å²) in [4.78, 5) is 16.9. The summed E-state index contributed by atoms with van der Waals surface area (Å²) in [5, 5.41) is 11.0. The average Bonchev–Trinajstić information content (AvgIpc) is 2.89. The number of nitrogens with one attached hydrogen (secondary N) is 1. The molecule has 3 rings (SSSR count). The maximum absolute atomic E-state index is 12.8. The zero-order valence-corrected chi connectivity index (χ0v) is 10.9. The molecule has 0 aliphatic heterocycles. The highest BCUT2D eigenvalue weighted by atomic mass is 19.4. The molecule has 3 aromatic rings. The van der Waals surface area contributed by atoms with E-state index in [4.69, 9.17) is 0 Å². The molecule has 0 spiro atoms. The van der Waals surface area contributed by atoms with Gasteiger partial charge in [-0.1, -0.05) is 30.3 Å². The van der Waals surface area contributed by atoms with Crippen molar-refractivity contribution in [3.63, 3.8) is 0 Å². The van der Waals surface area contributed by atoms with E-state index in [1.807, 2.05) is 0 Å². The summed E-state index contributed by atoms with van der Waals surface area (Å²) in [6, 6.07) is 9.97. The molecule has 0 saturated heterocycles. The van der Waals surface area contributed by atoms with Crippen LogP contribution in [0.25, 0.3) is 22.4 Å². The topological polar surface area (TPSA) is 71.8 Å². The SMILES string of the molecule is O=[N+]([O-])c1cc(C(F)(F)F)cc2[nH]c(-c3ccccc3)nc12. The first kappa shape index (κ1) is 14.1. The van der Waals surface area contributed by atoms with Crippen molar-refractivity contribution < 1.29 is 18.1 Å². The van der Waals surface area contributed by atoms with Gasteiger partial charge >= 0.3 is 6.18 Å². The second-order valence-electron chi connectivity index (χ2n) is 4.60. The van der Waals surface area contributed by atoms with Crippen LogP contribution in [0.5, 0.6) is 0 Å². The number of hydrogen-bond donors (Lipinski definition) is 1. The number of imidazole rings is 1. The highest BCUT2D eigenvalue weighted by Crippen LogP contribution is 2.36. The van der Waals surface area contributed by atoms with Crippen LogP contribution in [0.1, 0.15) is 5.56 Å². The average molecular weight is 307 g/mol. The number of aromatic amines is 1. The van der Waals surface area contributed by atoms with Gasteiger partial charge in [0.05, 0.1) is 16.0 Å². The smallest absolute Gasteiger partial charge is 0.338 e. The minimum atomic E-state index is -4.67. The Labute approximate surface area is 121 Å². The third kappa shape index (κ3) is 2.39. The van der Waals surface area contributed by atoms with E-state index in [-0.39, 0.29) is 16.9 Å². The third-order valence-electron chi connectivity index (χ3n) is 3.14. The van der Waals surface area contributed by atoms with Crippen LogP contribution in [0.4, 0.5) is 18.9 Å². The Morgan fingerprint density at radius 1 is 1.14 bits per heavy atom. The minimum absolute atomic E-state index is 0.0274. The number of halogens is 3. The van der Waals surface area contributed by atoms with Crippen LogP contribution in [-0.2, 0) is 6.18 Å². The first-order valence-corrected chi connectivity index (χ1v) is 6.17. The molecule has 112 valence electrons. The molecule has 0 atom stereocenters. The Morgan fingerprint density at radius 2 is 1.82 bits per heavy atom. The fourth-order valence-electron chi connectivity index (χ4n) is 2.13. The Kier molecular flexibility index (Phi) is 3.09. The van der Waals surface area contributed by atoms with Crippen molar-refractivity contribution in [3.8, 4) is 11.4 Å². The van der Waals surface area contributed by atoms with Crippen LogP contribution in [0.2, 0.25) is 0 Å². The molecule has 2 aromatic carbocycles. The number of nitro benzene ring substituents is 1. The number of rotatable bonds is 2. The standard InChI is InChI=1S/C14H8F3N3O2/c15-14(16,17)9-6-10-12(11(7-9)20(21)22)19-13(18-10)8-4-2-1-3-5-8/h1-7H,(H,18,19). The van der Waals surface area contributed by atoms with E-state index in [0.29, 0.717) is 11.6 Å². The lowest BCUT2D eigenvalue weighted by atomic mass is 10.1. The van der Waals surface area contributed by atoms with Gasteiger partial charge in [0, 0.05) is 11.6 Å². The number of fused-ring (bicyclic) bond motifs is 1. The van der Waals surface area contributed by atoms with Gasteiger partial charge in [0.25, 0.3) is 5.69 Å². The highest BCUT2D eigenvalue weighted by molar-refractivity contribution is 5.88. The number of nitro groups is 1. The molecule has 5 nitrogen and oxygen atoms in total. The van der Waals surface area contributed by atoms with E-state index in [2.05, 4.69) is 9.97 Å². The van der Waals surface area contributed by atoms with Crippen molar-refractivity contribution >= 4 is 16.7 Å². The minimum Gasteiger partial charge on any atom is -0.338 e. The Hall–Kier alpha value is -2.90. The summed E-state index contributed by atoms with van der Waals surface area (Å²) >= 11 is 0. The summed E-state index contributed by atoms with van der Waals surface area (Å²) in [6.45, 7) is 0. The van der Waals surface area contributed by atoms with Crippen molar-refractivity contribution in [2.75, 3.05) is 0 Å². The number of non-ortho nitro benzene ring substituents is 1. The lowest BCUT2D eigenvalue weighted by molar-refractivity contribution is -0.383. The normalized spacial score (nSPS) is 11.8. The maximum atomic E-state index is 12.8. The fraction of sp³-hybridized carbons (Fsp3) is 0.0714. The van der Waals surface area contributed by atoms with Crippen molar-refractivity contribution in [2.24, 2.45) is 0 Å². The van der Waals surface area contributed by atoms with Gasteiger partial charge in [-0.2, -0.15) is 13.2 Å². The Morgan fingerprint density at radius 3 is 2.41 bits per heavy atom. The van der Waals surface area contributed by atoms with E-state index in [1.54, 1.807) is 30.3 Å². The Balaban J connectivity index is 2.27. The third-order valence-corrected chi connectivity index (χ3v) is 3.14. The lowest BCUT2D eigenvalue weighted by Crippen LogP contribution is -2.05. The van der Waals surface area contributed by atoms with E-state index in [9.17, 15) is 23.3 Å². The summed E-state index contributed by atoms with van der Waals surface area (Å²) in [5.74, 6) is 0.276. The van der Waals surface area contributed by atoms with Crippen molar-refractivity contribution in [1.29, 1.82) is 0 Å². The molecular formula is C14H8F3N3O2. The second kappa shape index (κ2) is 4.83. The molecule has 1 N–H and O–H groups in total. The van der Waals surface area contributed by atoms with Gasteiger partial charge < -0.3 is 4.98 Å². The van der Waals surface area contributed by atoms with E-state index < -0.39 is 22.4 Å². The predicted octanol–water partition coefficient (Wildman–Crippen LogP) is 4.16. The quantitative estimate of drug-likeness (QED) is 0.571. The second-order valence-corrected chi connectivity index (χ2v) is 4.60. The molecule has 1 aromatic heterocycles. The largest absolute Gasteiger partial charge is 0.416 e. The molecule has 0 saturated carbocycles. The molecular weight excluding hydrogens is 299 g/mol. The van der Waals surface area contributed by atoms with E-state index >= 15 is 0 Å². The van der Waals surface area contributed by atoms with Gasteiger partial charge in [0.2, 0.25) is 0 Å². The van der Waals surface area contributed by atoms with Crippen molar-refractivity contribution in [2.45, 2.75) is 6.18 Å². The first-order valence-electron chi connectivity index (χ1n) is 6.17. The van der Waals surface area contributed by atoms with Gasteiger partial charge in [0.15, 0.2) is 5.52 Å². The molecule has 0 aliphatic rings. The van der Waals surface area contributed by atoms with Gasteiger partial charge in [0.1, 0.15) is 5.82 Å². The van der Waals surface area contributed by atoms with Gasteiger partial charge in [-0.15, -0.1) is 0 Å². The van der Waals surface area contributed by atoms with E-state index in [0.717, 1.165) is 6.07 Å². The molecule has 8 heteroatoms. The van der Waals surface area contributed by atoms with Gasteiger partial charge in [-0.05, 0) is 6.07 Å². The molecule has 0 radical (unpaired) electrons. The van der Waals surface area contributed by atoms with Crippen LogP contribution < -0.4 is 0 Å². The van der Waals surface area contributed by atoms with Gasteiger partial charge in [-0.25, -0.2) is 4.98 Å². The number of alkyl halides is 3. The number of H-pyrrole nitrogens is 1. The van der Waals surface area contributed by atoms with Crippen LogP contribution in [0.15, 0.2) is 42.5 Å². The lowest BCUT2D eigenvalue weighted by Gasteiger charge is -2.05. The molecule has 0 unspecified atom stereocenters. The zero-order valence-electron chi connectivity index (χ0n) is 10.9.